The summed E-state index contributed by atoms with van der Waals surface area (Å²) < 4.78 is 0. The Bertz CT molecular complexity index is 852. The fraction of sp³-hybridized carbons (Fsp3) is 0.0909. The number of aliphatic hydroxyl groups is 1. The molecular weight excluding hydrogens is 324 g/mol. The largest absolute Gasteiger partial charge is 0.372 e. The third kappa shape index (κ3) is 3.55. The van der Waals surface area contributed by atoms with Crippen LogP contribution in [0.3, 0.4) is 0 Å². The smallest absolute Gasteiger partial charge is 0.281 e. The molecule has 26 heavy (non-hydrogen) atoms. The van der Waals surface area contributed by atoms with Crippen molar-refractivity contribution in [3.8, 4) is 0 Å². The minimum absolute atomic E-state index is 0.483. The quantitative estimate of drug-likeness (QED) is 0.550. The molecular formula is C22H20N2O2. The number of nitrogens with one attached hydrogen (secondary N) is 1. The highest BCUT2D eigenvalue weighted by atomic mass is 16.3. The van der Waals surface area contributed by atoms with Gasteiger partial charge < -0.3 is 5.11 Å². The van der Waals surface area contributed by atoms with Gasteiger partial charge in [-0.1, -0.05) is 91.0 Å². The van der Waals surface area contributed by atoms with Crippen molar-refractivity contribution in [2.45, 2.75) is 12.5 Å². The first-order valence-corrected chi connectivity index (χ1v) is 8.36. The van der Waals surface area contributed by atoms with E-state index in [0.717, 1.165) is 5.56 Å². The van der Waals surface area contributed by atoms with Crippen molar-refractivity contribution in [3.05, 3.63) is 108 Å². The molecule has 130 valence electrons. The van der Waals surface area contributed by atoms with Crippen LogP contribution in [0.15, 0.2) is 96.1 Å². The number of hydrogen-bond acceptors (Lipinski definition) is 3. The first kappa shape index (κ1) is 17.6. The maximum atomic E-state index is 12.9. The summed E-state index contributed by atoms with van der Waals surface area (Å²) in [6.07, 6.45) is 0. The van der Waals surface area contributed by atoms with Crippen molar-refractivity contribution in [1.29, 1.82) is 0 Å². The molecule has 4 heteroatoms. The van der Waals surface area contributed by atoms with Crippen molar-refractivity contribution in [1.82, 2.24) is 5.43 Å². The van der Waals surface area contributed by atoms with Gasteiger partial charge in [-0.25, -0.2) is 5.43 Å². The SMILES string of the molecule is CC(=NNC(=O)C(O)(c1ccccc1)c1ccccc1)c1ccccc1. The van der Waals surface area contributed by atoms with E-state index in [1.165, 1.54) is 0 Å². The molecule has 0 fully saturated rings. The lowest BCUT2D eigenvalue weighted by Gasteiger charge is -2.27. The van der Waals surface area contributed by atoms with Crippen LogP contribution in [0.2, 0.25) is 0 Å². The Morgan fingerprint density at radius 3 is 1.69 bits per heavy atom. The number of rotatable bonds is 5. The maximum absolute atomic E-state index is 12.9. The van der Waals surface area contributed by atoms with Gasteiger partial charge in [-0.15, -0.1) is 0 Å². The van der Waals surface area contributed by atoms with Crippen LogP contribution in [0.25, 0.3) is 0 Å². The van der Waals surface area contributed by atoms with Crippen molar-refractivity contribution >= 4 is 11.6 Å². The van der Waals surface area contributed by atoms with Crippen molar-refractivity contribution in [2.75, 3.05) is 0 Å². The molecule has 1 amide bonds. The average molecular weight is 344 g/mol. The number of carbonyl (C=O) groups excluding carboxylic acids is 1. The number of carbonyl (C=O) groups is 1. The first-order chi connectivity index (χ1) is 12.6. The van der Waals surface area contributed by atoms with Crippen LogP contribution in [0.5, 0.6) is 0 Å². The van der Waals surface area contributed by atoms with Crippen LogP contribution in [0.1, 0.15) is 23.6 Å². The molecule has 0 aliphatic carbocycles. The fourth-order valence-corrected chi connectivity index (χ4v) is 2.75. The molecule has 0 spiro atoms. The van der Waals surface area contributed by atoms with Crippen LogP contribution in [0, 0.1) is 0 Å². The summed E-state index contributed by atoms with van der Waals surface area (Å²) in [7, 11) is 0. The third-order valence-electron chi connectivity index (χ3n) is 4.23. The summed E-state index contributed by atoms with van der Waals surface area (Å²) in [5.74, 6) is -0.606. The second-order valence-corrected chi connectivity index (χ2v) is 5.95. The van der Waals surface area contributed by atoms with Gasteiger partial charge in [-0.3, -0.25) is 4.79 Å². The third-order valence-corrected chi connectivity index (χ3v) is 4.23. The number of benzene rings is 3. The van der Waals surface area contributed by atoms with Crippen LogP contribution >= 0.6 is 0 Å². The zero-order valence-electron chi connectivity index (χ0n) is 14.5. The Kier molecular flexibility index (Phi) is 5.25. The van der Waals surface area contributed by atoms with E-state index in [0.29, 0.717) is 16.8 Å². The lowest BCUT2D eigenvalue weighted by atomic mass is 9.85. The van der Waals surface area contributed by atoms with Gasteiger partial charge in [-0.05, 0) is 23.6 Å². The monoisotopic (exact) mass is 344 g/mol. The molecule has 0 saturated carbocycles. The molecule has 0 atom stereocenters. The standard InChI is InChI=1S/C22H20N2O2/c1-17(18-11-5-2-6-12-18)23-24-21(25)22(26,19-13-7-3-8-14-19)20-15-9-4-10-16-20/h2-16,26H,1H3,(H,24,25). The first-order valence-electron chi connectivity index (χ1n) is 8.36. The van der Waals surface area contributed by atoms with E-state index >= 15 is 0 Å². The Balaban J connectivity index is 1.94. The van der Waals surface area contributed by atoms with E-state index in [1.54, 1.807) is 55.5 Å². The molecule has 0 saturated heterocycles. The number of hydrogen-bond donors (Lipinski definition) is 2. The van der Waals surface area contributed by atoms with E-state index in [2.05, 4.69) is 10.5 Å². The summed E-state index contributed by atoms with van der Waals surface area (Å²) in [5, 5.41) is 15.5. The van der Waals surface area contributed by atoms with Gasteiger partial charge >= 0.3 is 0 Å². The summed E-state index contributed by atoms with van der Waals surface area (Å²) in [4.78, 5) is 12.9. The van der Waals surface area contributed by atoms with E-state index in [1.807, 2.05) is 42.5 Å². The topological polar surface area (TPSA) is 61.7 Å². The van der Waals surface area contributed by atoms with Crippen molar-refractivity contribution in [2.24, 2.45) is 5.10 Å². The highest BCUT2D eigenvalue weighted by Gasteiger charge is 2.39. The zero-order valence-corrected chi connectivity index (χ0v) is 14.5. The van der Waals surface area contributed by atoms with E-state index in [-0.39, 0.29) is 0 Å². The zero-order chi connectivity index (χ0) is 18.4. The van der Waals surface area contributed by atoms with E-state index in [9.17, 15) is 9.90 Å². The fourth-order valence-electron chi connectivity index (χ4n) is 2.75. The molecule has 3 aromatic rings. The molecule has 0 aliphatic heterocycles. The van der Waals surface area contributed by atoms with Gasteiger partial charge in [0.15, 0.2) is 5.60 Å². The van der Waals surface area contributed by atoms with Gasteiger partial charge in [0.25, 0.3) is 5.91 Å². The van der Waals surface area contributed by atoms with Crippen LogP contribution < -0.4 is 5.43 Å². The van der Waals surface area contributed by atoms with Crippen LogP contribution in [-0.4, -0.2) is 16.7 Å². The maximum Gasteiger partial charge on any atom is 0.281 e. The Hall–Kier alpha value is -3.24. The predicted molar refractivity (Wildman–Crippen MR) is 103 cm³/mol. The number of hydrazone groups is 1. The molecule has 0 aromatic heterocycles. The summed E-state index contributed by atoms with van der Waals surface area (Å²) in [6.45, 7) is 1.81. The van der Waals surface area contributed by atoms with Crippen LogP contribution in [0.4, 0.5) is 0 Å². The van der Waals surface area contributed by atoms with Gasteiger partial charge in [0.2, 0.25) is 0 Å². The molecule has 3 aromatic carbocycles. The number of nitrogens with zero attached hydrogens (tertiary/aromatic N) is 1. The van der Waals surface area contributed by atoms with E-state index in [4.69, 9.17) is 0 Å². The summed E-state index contributed by atoms with van der Waals surface area (Å²) in [5.41, 5.74) is 3.21. The Morgan fingerprint density at radius 2 is 1.23 bits per heavy atom. The molecule has 0 unspecified atom stereocenters. The summed E-state index contributed by atoms with van der Waals surface area (Å²) >= 11 is 0. The molecule has 3 rings (SSSR count). The second-order valence-electron chi connectivity index (χ2n) is 5.95. The van der Waals surface area contributed by atoms with Gasteiger partial charge in [0.05, 0.1) is 5.71 Å². The molecule has 4 nitrogen and oxygen atoms in total. The highest BCUT2D eigenvalue weighted by molar-refractivity contribution is 6.00. The molecule has 2 N–H and O–H groups in total. The van der Waals surface area contributed by atoms with Gasteiger partial charge in [0.1, 0.15) is 0 Å². The normalized spacial score (nSPS) is 11.8. The molecule has 0 heterocycles. The molecule has 0 bridgehead atoms. The van der Waals surface area contributed by atoms with Gasteiger partial charge in [-0.2, -0.15) is 5.10 Å². The Morgan fingerprint density at radius 1 is 0.808 bits per heavy atom. The second kappa shape index (κ2) is 7.76. The van der Waals surface area contributed by atoms with Crippen molar-refractivity contribution in [3.63, 3.8) is 0 Å². The predicted octanol–water partition coefficient (Wildman–Crippen LogP) is 3.46. The van der Waals surface area contributed by atoms with Gasteiger partial charge in [0, 0.05) is 0 Å². The molecule has 0 radical (unpaired) electrons. The lowest BCUT2D eigenvalue weighted by molar-refractivity contribution is -0.136. The van der Waals surface area contributed by atoms with E-state index < -0.39 is 11.5 Å². The summed E-state index contributed by atoms with van der Waals surface area (Å²) in [6, 6.07) is 27.3. The van der Waals surface area contributed by atoms with Crippen molar-refractivity contribution < 1.29 is 9.90 Å². The minimum Gasteiger partial charge on any atom is -0.372 e. The minimum atomic E-state index is -1.83. The molecule has 0 aliphatic rings. The number of amides is 1. The van der Waals surface area contributed by atoms with Crippen LogP contribution in [-0.2, 0) is 10.4 Å². The average Bonchev–Trinajstić information content (AvgIpc) is 2.73. The highest BCUT2D eigenvalue weighted by Crippen LogP contribution is 2.29. The lowest BCUT2D eigenvalue weighted by Crippen LogP contribution is -2.43. The Labute approximate surface area is 152 Å².